The largest absolute Gasteiger partial charge is 0.445 e. The fourth-order valence-corrected chi connectivity index (χ4v) is 2.43. The van der Waals surface area contributed by atoms with Gasteiger partial charge in [0.15, 0.2) is 0 Å². The maximum atomic E-state index is 11.8. The van der Waals surface area contributed by atoms with Crippen LogP contribution in [0.15, 0.2) is 30.3 Å². The molecule has 0 heterocycles. The number of benzene rings is 1. The fourth-order valence-electron chi connectivity index (χ4n) is 2.43. The van der Waals surface area contributed by atoms with Crippen LogP contribution in [-0.4, -0.2) is 12.1 Å². The molecule has 0 aromatic heterocycles. The van der Waals surface area contributed by atoms with Gasteiger partial charge in [0.1, 0.15) is 6.61 Å². The van der Waals surface area contributed by atoms with Gasteiger partial charge in [0, 0.05) is 6.04 Å². The average molecular weight is 245 g/mol. The molecule has 2 aliphatic rings. The van der Waals surface area contributed by atoms with Crippen LogP contribution in [0.4, 0.5) is 4.79 Å². The van der Waals surface area contributed by atoms with Crippen LogP contribution in [-0.2, 0) is 11.3 Å². The summed E-state index contributed by atoms with van der Waals surface area (Å²) in [4.78, 5) is 11.8. The first kappa shape index (κ1) is 11.6. The highest BCUT2D eigenvalue weighted by Crippen LogP contribution is 2.44. The van der Waals surface area contributed by atoms with Gasteiger partial charge in [-0.05, 0) is 43.1 Å². The zero-order valence-electron chi connectivity index (χ0n) is 10.5. The van der Waals surface area contributed by atoms with E-state index < -0.39 is 0 Å². The minimum atomic E-state index is -0.261. The van der Waals surface area contributed by atoms with Crippen LogP contribution in [0, 0.1) is 11.8 Å². The molecule has 2 saturated carbocycles. The molecule has 1 aromatic rings. The molecule has 0 aliphatic heterocycles. The van der Waals surface area contributed by atoms with Gasteiger partial charge in [0.25, 0.3) is 0 Å². The summed E-state index contributed by atoms with van der Waals surface area (Å²) in [6, 6.07) is 10.2. The lowest BCUT2D eigenvalue weighted by Crippen LogP contribution is -2.38. The molecule has 18 heavy (non-hydrogen) atoms. The number of ether oxygens (including phenoxy) is 1. The average Bonchev–Trinajstić information content (AvgIpc) is 3.28. The summed E-state index contributed by atoms with van der Waals surface area (Å²) in [5.74, 6) is 1.42. The van der Waals surface area contributed by atoms with Crippen LogP contribution in [0.2, 0.25) is 0 Å². The summed E-state index contributed by atoms with van der Waals surface area (Å²) in [5, 5.41) is 3.05. The lowest BCUT2D eigenvalue weighted by atomic mass is 10.1. The van der Waals surface area contributed by atoms with E-state index in [1.807, 2.05) is 30.3 Å². The summed E-state index contributed by atoms with van der Waals surface area (Å²) < 4.78 is 5.26. The zero-order chi connectivity index (χ0) is 12.4. The van der Waals surface area contributed by atoms with Crippen LogP contribution in [0.5, 0.6) is 0 Å². The van der Waals surface area contributed by atoms with E-state index in [1.54, 1.807) is 0 Å². The van der Waals surface area contributed by atoms with E-state index in [4.69, 9.17) is 4.74 Å². The SMILES string of the molecule is O=C(NC(C1CC1)C1CC1)OCc1ccccc1. The topological polar surface area (TPSA) is 38.3 Å². The second kappa shape index (κ2) is 5.01. The van der Waals surface area contributed by atoms with E-state index in [0.717, 1.165) is 5.56 Å². The van der Waals surface area contributed by atoms with Crippen molar-refractivity contribution in [3.63, 3.8) is 0 Å². The fraction of sp³-hybridized carbons (Fsp3) is 0.533. The molecular formula is C15H19NO2. The summed E-state index contributed by atoms with van der Waals surface area (Å²) in [6.07, 6.45) is 4.79. The van der Waals surface area contributed by atoms with Crippen molar-refractivity contribution in [3.05, 3.63) is 35.9 Å². The number of hydrogen-bond donors (Lipinski definition) is 1. The highest BCUT2D eigenvalue weighted by Gasteiger charge is 2.42. The van der Waals surface area contributed by atoms with Crippen LogP contribution in [0.3, 0.4) is 0 Å². The van der Waals surface area contributed by atoms with E-state index >= 15 is 0 Å². The van der Waals surface area contributed by atoms with Crippen molar-refractivity contribution in [3.8, 4) is 0 Å². The normalized spacial score (nSPS) is 18.7. The zero-order valence-corrected chi connectivity index (χ0v) is 10.5. The summed E-state index contributed by atoms with van der Waals surface area (Å²) in [7, 11) is 0. The number of carbonyl (C=O) groups is 1. The Balaban J connectivity index is 1.46. The molecule has 0 unspecified atom stereocenters. The Morgan fingerprint density at radius 2 is 1.78 bits per heavy atom. The standard InChI is InChI=1S/C15H19NO2/c17-15(18-10-11-4-2-1-3-5-11)16-14(12-6-7-12)13-8-9-13/h1-5,12-14H,6-10H2,(H,16,17). The first-order valence-electron chi connectivity index (χ1n) is 6.80. The molecule has 1 amide bonds. The predicted octanol–water partition coefficient (Wildman–Crippen LogP) is 3.10. The molecule has 3 rings (SSSR count). The van der Waals surface area contributed by atoms with Gasteiger partial charge < -0.3 is 10.1 Å². The second-order valence-electron chi connectivity index (χ2n) is 5.41. The van der Waals surface area contributed by atoms with Gasteiger partial charge in [0.05, 0.1) is 0 Å². The number of carbonyl (C=O) groups excluding carboxylic acids is 1. The van der Waals surface area contributed by atoms with Crippen molar-refractivity contribution < 1.29 is 9.53 Å². The molecule has 3 nitrogen and oxygen atoms in total. The Bertz CT molecular complexity index is 398. The van der Waals surface area contributed by atoms with Gasteiger partial charge in [0.2, 0.25) is 0 Å². The van der Waals surface area contributed by atoms with E-state index in [0.29, 0.717) is 24.5 Å². The van der Waals surface area contributed by atoms with Crippen molar-refractivity contribution in [2.45, 2.75) is 38.3 Å². The van der Waals surface area contributed by atoms with Crippen molar-refractivity contribution >= 4 is 6.09 Å². The highest BCUT2D eigenvalue weighted by atomic mass is 16.5. The molecule has 0 radical (unpaired) electrons. The first-order valence-corrected chi connectivity index (χ1v) is 6.80. The molecule has 2 fully saturated rings. The maximum Gasteiger partial charge on any atom is 0.407 e. The third-order valence-corrected chi connectivity index (χ3v) is 3.76. The molecule has 2 aliphatic carbocycles. The number of alkyl carbamates (subject to hydrolysis) is 1. The summed E-state index contributed by atoms with van der Waals surface area (Å²) in [5.41, 5.74) is 1.03. The second-order valence-corrected chi connectivity index (χ2v) is 5.41. The Hall–Kier alpha value is -1.51. The molecule has 1 aromatic carbocycles. The molecule has 0 bridgehead atoms. The Labute approximate surface area is 108 Å². The van der Waals surface area contributed by atoms with E-state index in [1.165, 1.54) is 25.7 Å². The minimum absolute atomic E-state index is 0.261. The number of nitrogens with one attached hydrogen (secondary N) is 1. The molecule has 1 N–H and O–H groups in total. The summed E-state index contributed by atoms with van der Waals surface area (Å²) >= 11 is 0. The van der Waals surface area contributed by atoms with E-state index in [9.17, 15) is 4.79 Å². The number of hydrogen-bond acceptors (Lipinski definition) is 2. The van der Waals surface area contributed by atoms with Crippen LogP contribution in [0.25, 0.3) is 0 Å². The molecule has 0 saturated heterocycles. The summed E-state index contributed by atoms with van der Waals surface area (Å²) in [6.45, 7) is 0.356. The van der Waals surface area contributed by atoms with Gasteiger partial charge in [-0.25, -0.2) is 4.79 Å². The van der Waals surface area contributed by atoms with E-state index in [2.05, 4.69) is 5.32 Å². The van der Waals surface area contributed by atoms with Gasteiger partial charge >= 0.3 is 6.09 Å². The monoisotopic (exact) mass is 245 g/mol. The van der Waals surface area contributed by atoms with Gasteiger partial charge in [-0.2, -0.15) is 0 Å². The first-order chi connectivity index (χ1) is 8.83. The molecule has 3 heteroatoms. The third kappa shape index (κ3) is 3.03. The van der Waals surface area contributed by atoms with Crippen LogP contribution >= 0.6 is 0 Å². The number of amides is 1. The van der Waals surface area contributed by atoms with Crippen LogP contribution in [0.1, 0.15) is 31.2 Å². The minimum Gasteiger partial charge on any atom is -0.445 e. The third-order valence-electron chi connectivity index (χ3n) is 3.76. The maximum absolute atomic E-state index is 11.8. The Kier molecular flexibility index (Phi) is 3.22. The van der Waals surface area contributed by atoms with Crippen molar-refractivity contribution in [1.29, 1.82) is 0 Å². The molecular weight excluding hydrogens is 226 g/mol. The lowest BCUT2D eigenvalue weighted by molar-refractivity contribution is 0.133. The lowest BCUT2D eigenvalue weighted by Gasteiger charge is -2.17. The van der Waals surface area contributed by atoms with Crippen LogP contribution < -0.4 is 5.32 Å². The van der Waals surface area contributed by atoms with Crippen molar-refractivity contribution in [2.75, 3.05) is 0 Å². The quantitative estimate of drug-likeness (QED) is 0.865. The van der Waals surface area contributed by atoms with Crippen molar-refractivity contribution in [1.82, 2.24) is 5.32 Å². The highest BCUT2D eigenvalue weighted by molar-refractivity contribution is 5.67. The van der Waals surface area contributed by atoms with Gasteiger partial charge in [-0.15, -0.1) is 0 Å². The molecule has 0 spiro atoms. The molecule has 0 atom stereocenters. The number of rotatable bonds is 5. The molecule has 96 valence electrons. The van der Waals surface area contributed by atoms with Crippen molar-refractivity contribution in [2.24, 2.45) is 11.8 Å². The van der Waals surface area contributed by atoms with Gasteiger partial charge in [-0.1, -0.05) is 30.3 Å². The van der Waals surface area contributed by atoms with E-state index in [-0.39, 0.29) is 6.09 Å². The predicted molar refractivity (Wildman–Crippen MR) is 69.0 cm³/mol. The Morgan fingerprint density at radius 1 is 1.17 bits per heavy atom. The Morgan fingerprint density at radius 3 is 2.33 bits per heavy atom. The smallest absolute Gasteiger partial charge is 0.407 e. The van der Waals surface area contributed by atoms with Gasteiger partial charge in [-0.3, -0.25) is 0 Å².